The second-order valence-corrected chi connectivity index (χ2v) is 5.72. The predicted octanol–water partition coefficient (Wildman–Crippen LogP) is 0.784. The molecule has 1 rings (SSSR count). The largest absolute Gasteiger partial charge is 0.478 e. The summed E-state index contributed by atoms with van der Waals surface area (Å²) < 4.78 is 21.4. The maximum Gasteiger partial charge on any atom is 0.335 e. The maximum atomic E-state index is 10.7. The van der Waals surface area contributed by atoms with E-state index in [1.165, 1.54) is 6.07 Å². The van der Waals surface area contributed by atoms with Gasteiger partial charge in [0.2, 0.25) is 10.0 Å². The standard InChI is InChI=1S/C11H16N2O4S/c1-8-7-9(11(14)15)3-4-10(8)13-5-2-6-18(12,16)17/h3-4,7,13H,2,5-6H2,1H3,(H,14,15)(H2,12,16,17). The lowest BCUT2D eigenvalue weighted by atomic mass is 10.1. The summed E-state index contributed by atoms with van der Waals surface area (Å²) in [5, 5.41) is 16.7. The highest BCUT2D eigenvalue weighted by Gasteiger charge is 2.06. The summed E-state index contributed by atoms with van der Waals surface area (Å²) in [5.41, 5.74) is 1.81. The van der Waals surface area contributed by atoms with Gasteiger partial charge in [0.1, 0.15) is 0 Å². The zero-order valence-electron chi connectivity index (χ0n) is 10.0. The molecule has 0 saturated carbocycles. The summed E-state index contributed by atoms with van der Waals surface area (Å²) in [6, 6.07) is 4.72. The Morgan fingerprint density at radius 2 is 2.11 bits per heavy atom. The highest BCUT2D eigenvalue weighted by Crippen LogP contribution is 2.16. The van der Waals surface area contributed by atoms with Crippen molar-refractivity contribution >= 4 is 21.7 Å². The first-order valence-corrected chi connectivity index (χ1v) is 7.09. The Kier molecular flexibility index (Phi) is 4.69. The zero-order valence-corrected chi connectivity index (χ0v) is 10.8. The SMILES string of the molecule is Cc1cc(C(=O)O)ccc1NCCCS(N)(=O)=O. The number of carbonyl (C=O) groups is 1. The average molecular weight is 272 g/mol. The first-order valence-electron chi connectivity index (χ1n) is 5.38. The number of sulfonamides is 1. The molecule has 0 aliphatic rings. The molecule has 0 spiro atoms. The Bertz CT molecular complexity index is 540. The van der Waals surface area contributed by atoms with E-state index in [1.807, 2.05) is 0 Å². The fraction of sp³-hybridized carbons (Fsp3) is 0.364. The number of rotatable bonds is 6. The smallest absolute Gasteiger partial charge is 0.335 e. The van der Waals surface area contributed by atoms with Crippen LogP contribution in [0.4, 0.5) is 5.69 Å². The number of carboxylic acids is 1. The normalized spacial score (nSPS) is 11.2. The van der Waals surface area contributed by atoms with Crippen LogP contribution in [0.1, 0.15) is 22.3 Å². The molecule has 6 nitrogen and oxygen atoms in total. The number of nitrogens with two attached hydrogens (primary N) is 1. The number of primary sulfonamides is 1. The number of carboxylic acid groups (broad SMARTS) is 1. The van der Waals surface area contributed by atoms with E-state index in [2.05, 4.69) is 5.32 Å². The van der Waals surface area contributed by atoms with Crippen LogP contribution in [0.2, 0.25) is 0 Å². The van der Waals surface area contributed by atoms with Crippen LogP contribution in [0.25, 0.3) is 0 Å². The molecule has 0 atom stereocenters. The Labute approximate surface area is 106 Å². The van der Waals surface area contributed by atoms with E-state index in [9.17, 15) is 13.2 Å². The summed E-state index contributed by atoms with van der Waals surface area (Å²) in [4.78, 5) is 10.7. The molecule has 1 aromatic rings. The molecule has 0 unspecified atom stereocenters. The first kappa shape index (κ1) is 14.5. The molecular weight excluding hydrogens is 256 g/mol. The third-order valence-electron chi connectivity index (χ3n) is 2.39. The van der Waals surface area contributed by atoms with E-state index in [0.29, 0.717) is 13.0 Å². The summed E-state index contributed by atoms with van der Waals surface area (Å²) in [5.74, 6) is -1.05. The number of anilines is 1. The van der Waals surface area contributed by atoms with Gasteiger partial charge in [0.15, 0.2) is 0 Å². The molecule has 18 heavy (non-hydrogen) atoms. The molecule has 0 aromatic heterocycles. The van der Waals surface area contributed by atoms with Gasteiger partial charge in [-0.25, -0.2) is 18.4 Å². The van der Waals surface area contributed by atoms with Crippen LogP contribution >= 0.6 is 0 Å². The highest BCUT2D eigenvalue weighted by molar-refractivity contribution is 7.89. The van der Waals surface area contributed by atoms with Gasteiger partial charge in [0.05, 0.1) is 11.3 Å². The van der Waals surface area contributed by atoms with Gasteiger partial charge in [0.25, 0.3) is 0 Å². The summed E-state index contributed by atoms with van der Waals surface area (Å²) in [7, 11) is -3.42. The van der Waals surface area contributed by atoms with E-state index < -0.39 is 16.0 Å². The van der Waals surface area contributed by atoms with E-state index in [1.54, 1.807) is 19.1 Å². The van der Waals surface area contributed by atoms with Crippen LogP contribution in [0, 0.1) is 6.92 Å². The predicted molar refractivity (Wildman–Crippen MR) is 69.2 cm³/mol. The van der Waals surface area contributed by atoms with Crippen molar-refractivity contribution in [1.82, 2.24) is 0 Å². The fourth-order valence-corrected chi connectivity index (χ4v) is 2.04. The van der Waals surface area contributed by atoms with E-state index in [0.717, 1.165) is 11.3 Å². The average Bonchev–Trinajstić information content (AvgIpc) is 2.24. The Balaban J connectivity index is 2.56. The van der Waals surface area contributed by atoms with Gasteiger partial charge in [-0.2, -0.15) is 0 Å². The molecule has 0 amide bonds. The minimum Gasteiger partial charge on any atom is -0.478 e. The number of hydrogen-bond donors (Lipinski definition) is 3. The topological polar surface area (TPSA) is 109 Å². The first-order chi connectivity index (χ1) is 8.29. The van der Waals surface area contributed by atoms with Gasteiger partial charge in [-0.1, -0.05) is 0 Å². The molecule has 100 valence electrons. The molecule has 0 radical (unpaired) electrons. The molecule has 0 aliphatic heterocycles. The molecule has 0 saturated heterocycles. The lowest BCUT2D eigenvalue weighted by Gasteiger charge is -2.09. The molecule has 0 heterocycles. The molecule has 1 aromatic carbocycles. The third-order valence-corrected chi connectivity index (χ3v) is 3.25. The number of aromatic carboxylic acids is 1. The van der Waals surface area contributed by atoms with Gasteiger partial charge in [0, 0.05) is 12.2 Å². The van der Waals surface area contributed by atoms with Crippen LogP contribution in [-0.4, -0.2) is 31.8 Å². The van der Waals surface area contributed by atoms with Gasteiger partial charge < -0.3 is 10.4 Å². The molecule has 4 N–H and O–H groups in total. The Morgan fingerprint density at radius 1 is 1.44 bits per heavy atom. The monoisotopic (exact) mass is 272 g/mol. The summed E-state index contributed by atoms with van der Waals surface area (Å²) >= 11 is 0. The number of hydrogen-bond acceptors (Lipinski definition) is 4. The van der Waals surface area contributed by atoms with Crippen LogP contribution in [0.15, 0.2) is 18.2 Å². The van der Waals surface area contributed by atoms with E-state index in [-0.39, 0.29) is 11.3 Å². The van der Waals surface area contributed by atoms with Crippen molar-refractivity contribution in [2.24, 2.45) is 5.14 Å². The van der Waals surface area contributed by atoms with Gasteiger partial charge in [-0.15, -0.1) is 0 Å². The van der Waals surface area contributed by atoms with Crippen LogP contribution in [0.5, 0.6) is 0 Å². The molecular formula is C11H16N2O4S. The zero-order chi connectivity index (χ0) is 13.8. The second-order valence-electron chi connectivity index (χ2n) is 3.98. The summed E-state index contributed by atoms with van der Waals surface area (Å²) in [6.07, 6.45) is 0.402. The lowest BCUT2D eigenvalue weighted by Crippen LogP contribution is -2.18. The van der Waals surface area contributed by atoms with Gasteiger partial charge in [-0.05, 0) is 37.1 Å². The van der Waals surface area contributed by atoms with Crippen molar-refractivity contribution in [2.45, 2.75) is 13.3 Å². The highest BCUT2D eigenvalue weighted by atomic mass is 32.2. The van der Waals surface area contributed by atoms with E-state index >= 15 is 0 Å². The van der Waals surface area contributed by atoms with Gasteiger partial charge >= 0.3 is 5.97 Å². The van der Waals surface area contributed by atoms with Crippen molar-refractivity contribution < 1.29 is 18.3 Å². The summed E-state index contributed by atoms with van der Waals surface area (Å²) in [6.45, 7) is 2.25. The maximum absolute atomic E-state index is 10.7. The number of benzene rings is 1. The van der Waals surface area contributed by atoms with Crippen LogP contribution in [0.3, 0.4) is 0 Å². The van der Waals surface area contributed by atoms with Crippen LogP contribution in [-0.2, 0) is 10.0 Å². The number of nitrogens with one attached hydrogen (secondary N) is 1. The minimum absolute atomic E-state index is 0.0771. The quantitative estimate of drug-likeness (QED) is 0.663. The molecule has 0 aliphatic carbocycles. The van der Waals surface area contributed by atoms with Crippen molar-refractivity contribution in [2.75, 3.05) is 17.6 Å². The fourth-order valence-electron chi connectivity index (χ4n) is 1.49. The molecule has 0 fully saturated rings. The Hall–Kier alpha value is -1.60. The third kappa shape index (κ3) is 4.72. The lowest BCUT2D eigenvalue weighted by molar-refractivity contribution is 0.0697. The van der Waals surface area contributed by atoms with Gasteiger partial charge in [-0.3, -0.25) is 0 Å². The minimum atomic E-state index is -3.42. The second kappa shape index (κ2) is 5.83. The molecule has 0 bridgehead atoms. The van der Waals surface area contributed by atoms with Crippen molar-refractivity contribution in [3.05, 3.63) is 29.3 Å². The molecule has 7 heteroatoms. The van der Waals surface area contributed by atoms with Crippen molar-refractivity contribution in [1.29, 1.82) is 0 Å². The van der Waals surface area contributed by atoms with Crippen molar-refractivity contribution in [3.63, 3.8) is 0 Å². The van der Waals surface area contributed by atoms with E-state index in [4.69, 9.17) is 10.2 Å². The van der Waals surface area contributed by atoms with Crippen LogP contribution < -0.4 is 10.5 Å². The van der Waals surface area contributed by atoms with Crippen molar-refractivity contribution in [3.8, 4) is 0 Å². The number of aryl methyl sites for hydroxylation is 1. The Morgan fingerprint density at radius 3 is 2.61 bits per heavy atom.